The molecule has 4 heterocycles. The zero-order chi connectivity index (χ0) is 29.1. The first-order valence-electron chi connectivity index (χ1n) is 13.9. The topological polar surface area (TPSA) is 138 Å². The number of aromatic nitrogens is 4. The number of anilines is 1. The van der Waals surface area contributed by atoms with Gasteiger partial charge in [-0.2, -0.15) is 4.98 Å². The summed E-state index contributed by atoms with van der Waals surface area (Å²) in [5.74, 6) is 5.85. The van der Waals surface area contributed by atoms with Gasteiger partial charge in [-0.25, -0.2) is 4.79 Å². The van der Waals surface area contributed by atoms with Crippen LogP contribution in [0, 0.1) is 11.8 Å². The number of piperidine rings is 1. The molecule has 2 fully saturated rings. The molecule has 0 saturated carbocycles. The van der Waals surface area contributed by atoms with E-state index < -0.39 is 23.6 Å². The second-order valence-corrected chi connectivity index (χ2v) is 10.4. The molecule has 3 aromatic rings. The summed E-state index contributed by atoms with van der Waals surface area (Å²) < 4.78 is 9.27. The molecule has 2 saturated heterocycles. The molecule has 12 heteroatoms. The fraction of sp³-hybridized carbons (Fsp3) is 0.483. The van der Waals surface area contributed by atoms with Crippen LogP contribution in [0.15, 0.2) is 33.9 Å². The molecule has 1 unspecified atom stereocenters. The maximum Gasteiger partial charge on any atom is 0.332 e. The molecule has 2 N–H and O–H groups in total. The molecule has 0 radical (unpaired) electrons. The molecule has 12 nitrogen and oxygen atoms in total. The van der Waals surface area contributed by atoms with Crippen molar-refractivity contribution in [2.45, 2.75) is 45.3 Å². The van der Waals surface area contributed by atoms with Gasteiger partial charge in [-0.1, -0.05) is 30.2 Å². The molecule has 5 rings (SSSR count). The first-order chi connectivity index (χ1) is 19.8. The third-order valence-electron chi connectivity index (χ3n) is 7.69. The summed E-state index contributed by atoms with van der Waals surface area (Å²) in [6.07, 6.45) is 1.82. The number of carbonyl (C=O) groups excluding carboxylic acids is 2. The van der Waals surface area contributed by atoms with Crippen LogP contribution in [0.3, 0.4) is 0 Å². The van der Waals surface area contributed by atoms with Crippen molar-refractivity contribution < 1.29 is 14.3 Å². The number of fused-ring (bicyclic) bond motifs is 1. The van der Waals surface area contributed by atoms with Crippen molar-refractivity contribution in [2.24, 2.45) is 12.8 Å². The number of ketones is 1. The highest BCUT2D eigenvalue weighted by atomic mass is 16.5. The Morgan fingerprint density at radius 3 is 2.61 bits per heavy atom. The van der Waals surface area contributed by atoms with Gasteiger partial charge in [0.2, 0.25) is 11.9 Å². The van der Waals surface area contributed by atoms with Gasteiger partial charge in [0.05, 0.1) is 32.7 Å². The number of aryl methyl sites for hydroxylation is 1. The van der Waals surface area contributed by atoms with Crippen LogP contribution >= 0.6 is 0 Å². The third kappa shape index (κ3) is 5.68. The number of amides is 1. The average Bonchev–Trinajstić information content (AvgIpc) is 3.37. The van der Waals surface area contributed by atoms with Crippen LogP contribution in [0.4, 0.5) is 5.95 Å². The highest BCUT2D eigenvalue weighted by molar-refractivity contribution is 5.98. The second kappa shape index (κ2) is 12.1. The summed E-state index contributed by atoms with van der Waals surface area (Å²) in [5, 5.41) is 0. The molecule has 41 heavy (non-hydrogen) atoms. The van der Waals surface area contributed by atoms with Crippen molar-refractivity contribution in [2.75, 3.05) is 44.3 Å². The maximum absolute atomic E-state index is 13.9. The van der Waals surface area contributed by atoms with E-state index >= 15 is 0 Å². The van der Waals surface area contributed by atoms with Crippen LogP contribution in [0.1, 0.15) is 35.7 Å². The third-order valence-corrected chi connectivity index (χ3v) is 7.69. The van der Waals surface area contributed by atoms with Crippen LogP contribution in [0.25, 0.3) is 11.2 Å². The summed E-state index contributed by atoms with van der Waals surface area (Å²) >= 11 is 0. The Labute approximate surface area is 237 Å². The van der Waals surface area contributed by atoms with E-state index in [1.807, 2.05) is 4.90 Å². The van der Waals surface area contributed by atoms with E-state index in [1.165, 1.54) is 11.6 Å². The number of imidazole rings is 1. The lowest BCUT2D eigenvalue weighted by molar-refractivity contribution is -0.134. The SMILES string of the molecule is CC#CCn1c(N2CCCC(N)C2)nc2c1c(=O)n(CC(=O)c1ccccc1CC(=O)N1CCOCC1)c(=O)n2C. The van der Waals surface area contributed by atoms with Crippen LogP contribution < -0.4 is 21.9 Å². The molecule has 216 valence electrons. The highest BCUT2D eigenvalue weighted by Crippen LogP contribution is 2.23. The number of Topliss-reactive ketones (excluding diaryl/α,β-unsaturated/α-hetero) is 1. The van der Waals surface area contributed by atoms with E-state index in [-0.39, 0.29) is 36.1 Å². The van der Waals surface area contributed by atoms with Gasteiger partial charge in [0.15, 0.2) is 16.9 Å². The van der Waals surface area contributed by atoms with Crippen molar-refractivity contribution in [3.8, 4) is 11.8 Å². The molecule has 1 aromatic carbocycles. The average molecular weight is 562 g/mol. The number of nitrogens with zero attached hydrogens (tertiary/aromatic N) is 6. The van der Waals surface area contributed by atoms with Crippen LogP contribution in [0.5, 0.6) is 0 Å². The van der Waals surface area contributed by atoms with E-state index in [1.54, 1.807) is 40.7 Å². The number of morpholine rings is 1. The standard InChI is InChI=1S/C29H35N7O5/c1-3-4-12-35-25-26(31-28(35)34-11-7-9-21(30)18-34)32(2)29(40)36(27(25)39)19-23(37)22-10-6-5-8-20(22)17-24(38)33-13-15-41-16-14-33/h5-6,8,10,21H,7,9,11-19,30H2,1-2H3. The summed E-state index contributed by atoms with van der Waals surface area (Å²) in [4.78, 5) is 62.1. The number of carbonyl (C=O) groups is 2. The van der Waals surface area contributed by atoms with E-state index in [9.17, 15) is 19.2 Å². The Kier molecular flexibility index (Phi) is 8.37. The van der Waals surface area contributed by atoms with Gasteiger partial charge < -0.3 is 20.3 Å². The molecule has 2 aliphatic rings. The number of hydrogen-bond acceptors (Lipinski definition) is 8. The van der Waals surface area contributed by atoms with Gasteiger partial charge in [-0.05, 0) is 25.3 Å². The largest absolute Gasteiger partial charge is 0.378 e. The van der Waals surface area contributed by atoms with Crippen molar-refractivity contribution in [3.05, 3.63) is 56.2 Å². The fourth-order valence-corrected chi connectivity index (χ4v) is 5.50. The first kappa shape index (κ1) is 28.3. The van der Waals surface area contributed by atoms with Crippen molar-refractivity contribution in [3.63, 3.8) is 0 Å². The quantitative estimate of drug-likeness (QED) is 0.318. The zero-order valence-electron chi connectivity index (χ0n) is 23.5. The maximum atomic E-state index is 13.9. The van der Waals surface area contributed by atoms with E-state index in [4.69, 9.17) is 15.5 Å². The molecular formula is C29H35N7O5. The lowest BCUT2D eigenvalue weighted by atomic mass is 10.00. The van der Waals surface area contributed by atoms with E-state index in [0.29, 0.717) is 49.9 Å². The number of hydrogen-bond donors (Lipinski definition) is 1. The predicted molar refractivity (Wildman–Crippen MR) is 154 cm³/mol. The van der Waals surface area contributed by atoms with E-state index in [2.05, 4.69) is 11.8 Å². The molecule has 2 aromatic heterocycles. The van der Waals surface area contributed by atoms with Gasteiger partial charge in [-0.3, -0.25) is 28.1 Å². The fourth-order valence-electron chi connectivity index (χ4n) is 5.50. The molecular weight excluding hydrogens is 526 g/mol. The Morgan fingerprint density at radius 1 is 1.12 bits per heavy atom. The molecule has 0 aliphatic carbocycles. The van der Waals surface area contributed by atoms with Crippen molar-refractivity contribution in [1.82, 2.24) is 23.6 Å². The van der Waals surface area contributed by atoms with E-state index in [0.717, 1.165) is 24.0 Å². The molecule has 1 amide bonds. The Morgan fingerprint density at radius 2 is 1.88 bits per heavy atom. The highest BCUT2D eigenvalue weighted by Gasteiger charge is 2.27. The number of rotatable bonds is 7. The van der Waals surface area contributed by atoms with Gasteiger partial charge in [-0.15, -0.1) is 5.92 Å². The summed E-state index contributed by atoms with van der Waals surface area (Å²) in [6, 6.07) is 6.79. The minimum Gasteiger partial charge on any atom is -0.378 e. The normalized spacial score (nSPS) is 17.4. The van der Waals surface area contributed by atoms with Gasteiger partial charge in [0.25, 0.3) is 5.56 Å². The zero-order valence-corrected chi connectivity index (χ0v) is 23.5. The summed E-state index contributed by atoms with van der Waals surface area (Å²) in [5.41, 5.74) is 6.23. The molecule has 1 atom stereocenters. The lowest BCUT2D eigenvalue weighted by Gasteiger charge is -2.31. The van der Waals surface area contributed by atoms with Gasteiger partial charge >= 0.3 is 5.69 Å². The molecule has 0 spiro atoms. The minimum absolute atomic E-state index is 0.0254. The Hall–Kier alpha value is -4.21. The predicted octanol–water partition coefficient (Wildman–Crippen LogP) is 0.132. The van der Waals surface area contributed by atoms with Crippen molar-refractivity contribution >= 4 is 28.8 Å². The minimum atomic E-state index is -0.647. The van der Waals surface area contributed by atoms with Gasteiger partial charge in [0.1, 0.15) is 0 Å². The monoisotopic (exact) mass is 561 g/mol. The number of ether oxygens (including phenoxy) is 1. The Bertz CT molecular complexity index is 1650. The van der Waals surface area contributed by atoms with Crippen LogP contribution in [0.2, 0.25) is 0 Å². The smallest absolute Gasteiger partial charge is 0.332 e. The van der Waals surface area contributed by atoms with Gasteiger partial charge in [0, 0.05) is 44.8 Å². The molecule has 2 aliphatic heterocycles. The van der Waals surface area contributed by atoms with Crippen LogP contribution in [-0.4, -0.2) is 80.7 Å². The molecule has 0 bridgehead atoms. The Balaban J connectivity index is 1.52. The van der Waals surface area contributed by atoms with Crippen molar-refractivity contribution in [1.29, 1.82) is 0 Å². The van der Waals surface area contributed by atoms with Crippen LogP contribution in [-0.2, 0) is 36.1 Å². The first-order valence-corrected chi connectivity index (χ1v) is 13.9. The summed E-state index contributed by atoms with van der Waals surface area (Å²) in [7, 11) is 1.54. The summed E-state index contributed by atoms with van der Waals surface area (Å²) in [6.45, 7) is 4.69. The second-order valence-electron chi connectivity index (χ2n) is 10.4. The number of nitrogens with two attached hydrogens (primary N) is 1. The number of benzene rings is 1. The lowest BCUT2D eigenvalue weighted by Crippen LogP contribution is -2.44.